The minimum absolute atomic E-state index is 0.105. The van der Waals surface area contributed by atoms with Crippen LogP contribution in [0.1, 0.15) is 18.8 Å². The van der Waals surface area contributed by atoms with E-state index >= 15 is 0 Å². The molecule has 1 aromatic carbocycles. The maximum absolute atomic E-state index is 13.5. The molecule has 5 nitrogen and oxygen atoms in total. The summed E-state index contributed by atoms with van der Waals surface area (Å²) in [5, 5.41) is 10.3. The molecule has 2 aromatic rings. The molecule has 1 aromatic heterocycles. The van der Waals surface area contributed by atoms with Gasteiger partial charge < -0.3 is 5.73 Å². The van der Waals surface area contributed by atoms with Crippen LogP contribution >= 0.6 is 0 Å². The normalized spacial score (nSPS) is 12.8. The van der Waals surface area contributed by atoms with Crippen LogP contribution in [0.25, 0.3) is 5.69 Å². The number of nitrogens with two attached hydrogens (primary N) is 1. The maximum Gasteiger partial charge on any atom is 0.184 e. The van der Waals surface area contributed by atoms with E-state index in [1.165, 1.54) is 0 Å². The van der Waals surface area contributed by atoms with Crippen LogP contribution in [0.15, 0.2) is 12.1 Å². The second-order valence-electron chi connectivity index (χ2n) is 3.46. The molecule has 17 heavy (non-hydrogen) atoms. The van der Waals surface area contributed by atoms with Crippen molar-refractivity contribution in [1.29, 1.82) is 0 Å². The Morgan fingerprint density at radius 2 is 2.00 bits per heavy atom. The zero-order chi connectivity index (χ0) is 12.6. The minimum Gasteiger partial charge on any atom is -0.321 e. The van der Waals surface area contributed by atoms with Gasteiger partial charge in [-0.2, -0.15) is 4.68 Å². The zero-order valence-electron chi connectivity index (χ0n) is 8.73. The molecular formula is C9H8F3N5. The number of rotatable bonds is 2. The van der Waals surface area contributed by atoms with E-state index in [1.807, 2.05) is 0 Å². The molecule has 2 N–H and O–H groups in total. The first kappa shape index (κ1) is 11.5. The van der Waals surface area contributed by atoms with Gasteiger partial charge in [0.25, 0.3) is 0 Å². The summed E-state index contributed by atoms with van der Waals surface area (Å²) < 4.78 is 40.4. The molecule has 0 fully saturated rings. The average molecular weight is 243 g/mol. The van der Waals surface area contributed by atoms with Gasteiger partial charge in [0.1, 0.15) is 11.5 Å². The Morgan fingerprint density at radius 1 is 1.29 bits per heavy atom. The van der Waals surface area contributed by atoms with Crippen LogP contribution < -0.4 is 5.73 Å². The quantitative estimate of drug-likeness (QED) is 0.802. The van der Waals surface area contributed by atoms with Gasteiger partial charge in [0, 0.05) is 12.1 Å². The van der Waals surface area contributed by atoms with Crippen molar-refractivity contribution in [2.75, 3.05) is 0 Å². The van der Waals surface area contributed by atoms with E-state index in [0.29, 0.717) is 6.07 Å². The van der Waals surface area contributed by atoms with E-state index < -0.39 is 29.2 Å². The SMILES string of the molecule is CC(N)c1nnnn1-c1cc(F)cc(F)c1F. The van der Waals surface area contributed by atoms with Crippen LogP contribution in [0.3, 0.4) is 0 Å². The maximum atomic E-state index is 13.5. The van der Waals surface area contributed by atoms with Gasteiger partial charge in [-0.3, -0.25) is 0 Å². The first-order valence-electron chi connectivity index (χ1n) is 4.69. The topological polar surface area (TPSA) is 69.6 Å². The lowest BCUT2D eigenvalue weighted by molar-refractivity contribution is 0.484. The van der Waals surface area contributed by atoms with E-state index in [-0.39, 0.29) is 5.82 Å². The fourth-order valence-electron chi connectivity index (χ4n) is 1.35. The highest BCUT2D eigenvalue weighted by Gasteiger charge is 2.18. The Bertz CT molecular complexity index is 552. The highest BCUT2D eigenvalue weighted by Crippen LogP contribution is 2.19. The lowest BCUT2D eigenvalue weighted by Crippen LogP contribution is -2.15. The van der Waals surface area contributed by atoms with Crippen LogP contribution in [-0.2, 0) is 0 Å². The van der Waals surface area contributed by atoms with Crippen molar-refractivity contribution in [3.05, 3.63) is 35.4 Å². The molecule has 2 rings (SSSR count). The number of aromatic nitrogens is 4. The molecule has 1 heterocycles. The second kappa shape index (κ2) is 4.13. The number of tetrazole rings is 1. The molecule has 8 heteroatoms. The molecule has 1 atom stereocenters. The van der Waals surface area contributed by atoms with E-state index in [4.69, 9.17) is 5.73 Å². The van der Waals surface area contributed by atoms with Crippen molar-refractivity contribution in [2.45, 2.75) is 13.0 Å². The summed E-state index contributed by atoms with van der Waals surface area (Å²) in [5.74, 6) is -3.37. The second-order valence-corrected chi connectivity index (χ2v) is 3.46. The Hall–Kier alpha value is -1.96. The van der Waals surface area contributed by atoms with Crippen LogP contribution in [0.4, 0.5) is 13.2 Å². The van der Waals surface area contributed by atoms with Crippen molar-refractivity contribution in [3.8, 4) is 5.69 Å². The number of hydrogen-bond acceptors (Lipinski definition) is 4. The van der Waals surface area contributed by atoms with Gasteiger partial charge in [-0.1, -0.05) is 0 Å². The van der Waals surface area contributed by atoms with Crippen molar-refractivity contribution in [2.24, 2.45) is 5.73 Å². The van der Waals surface area contributed by atoms with Gasteiger partial charge in [0.2, 0.25) is 0 Å². The number of nitrogens with zero attached hydrogens (tertiary/aromatic N) is 4. The monoisotopic (exact) mass is 243 g/mol. The summed E-state index contributed by atoms with van der Waals surface area (Å²) in [6, 6.07) is 0.630. The predicted molar refractivity (Wildman–Crippen MR) is 51.6 cm³/mol. The van der Waals surface area contributed by atoms with E-state index in [2.05, 4.69) is 15.5 Å². The molecule has 1 unspecified atom stereocenters. The molecule has 0 spiro atoms. The van der Waals surface area contributed by atoms with Gasteiger partial charge in [-0.25, -0.2) is 13.2 Å². The van der Waals surface area contributed by atoms with Crippen molar-refractivity contribution < 1.29 is 13.2 Å². The van der Waals surface area contributed by atoms with Crippen LogP contribution in [0.5, 0.6) is 0 Å². The summed E-state index contributed by atoms with van der Waals surface area (Å²) in [7, 11) is 0. The van der Waals surface area contributed by atoms with E-state index in [0.717, 1.165) is 10.7 Å². The lowest BCUT2D eigenvalue weighted by atomic mass is 10.2. The molecular weight excluding hydrogens is 235 g/mol. The third-order valence-corrected chi connectivity index (χ3v) is 2.10. The Balaban J connectivity index is 2.64. The Labute approximate surface area is 94.0 Å². The fraction of sp³-hybridized carbons (Fsp3) is 0.222. The molecule has 0 aliphatic carbocycles. The van der Waals surface area contributed by atoms with Crippen LogP contribution in [-0.4, -0.2) is 20.2 Å². The van der Waals surface area contributed by atoms with Gasteiger partial charge in [-0.05, 0) is 17.4 Å². The summed E-state index contributed by atoms with van der Waals surface area (Å²) in [4.78, 5) is 0. The van der Waals surface area contributed by atoms with E-state index in [9.17, 15) is 13.2 Å². The molecule has 90 valence electrons. The molecule has 0 aliphatic rings. The van der Waals surface area contributed by atoms with Crippen molar-refractivity contribution in [3.63, 3.8) is 0 Å². The van der Waals surface area contributed by atoms with E-state index in [1.54, 1.807) is 6.92 Å². The summed E-state index contributed by atoms with van der Waals surface area (Å²) >= 11 is 0. The highest BCUT2D eigenvalue weighted by molar-refractivity contribution is 5.34. The molecule has 0 radical (unpaired) electrons. The zero-order valence-corrected chi connectivity index (χ0v) is 8.73. The molecule has 0 saturated heterocycles. The molecule has 0 aliphatic heterocycles. The Morgan fingerprint density at radius 3 is 2.65 bits per heavy atom. The van der Waals surface area contributed by atoms with Crippen LogP contribution in [0, 0.1) is 17.5 Å². The first-order valence-corrected chi connectivity index (χ1v) is 4.69. The van der Waals surface area contributed by atoms with Gasteiger partial charge in [-0.15, -0.1) is 5.10 Å². The third kappa shape index (κ3) is 1.98. The number of benzene rings is 1. The molecule has 0 saturated carbocycles. The first-order chi connectivity index (χ1) is 8.00. The fourth-order valence-corrected chi connectivity index (χ4v) is 1.35. The van der Waals surface area contributed by atoms with Gasteiger partial charge in [0.15, 0.2) is 17.5 Å². The lowest BCUT2D eigenvalue weighted by Gasteiger charge is -2.08. The average Bonchev–Trinajstić information content (AvgIpc) is 2.72. The van der Waals surface area contributed by atoms with Crippen molar-refractivity contribution >= 4 is 0 Å². The van der Waals surface area contributed by atoms with Gasteiger partial charge in [0.05, 0.1) is 6.04 Å². The highest BCUT2D eigenvalue weighted by atomic mass is 19.2. The predicted octanol–water partition coefficient (Wildman–Crippen LogP) is 1.10. The van der Waals surface area contributed by atoms with Crippen LogP contribution in [0.2, 0.25) is 0 Å². The van der Waals surface area contributed by atoms with Gasteiger partial charge >= 0.3 is 0 Å². The number of hydrogen-bond donors (Lipinski definition) is 1. The summed E-state index contributed by atoms with van der Waals surface area (Å²) in [6.07, 6.45) is 0. The third-order valence-electron chi connectivity index (χ3n) is 2.10. The smallest absolute Gasteiger partial charge is 0.184 e. The summed E-state index contributed by atoms with van der Waals surface area (Å²) in [5.41, 5.74) is 5.13. The molecule has 0 amide bonds. The summed E-state index contributed by atoms with van der Waals surface area (Å²) in [6.45, 7) is 1.57. The molecule has 0 bridgehead atoms. The standard InChI is InChI=1S/C9H8F3N5/c1-4(13)9-14-15-16-17(9)7-3-5(10)2-6(11)8(7)12/h2-4H,13H2,1H3. The Kier molecular flexibility index (Phi) is 2.80. The van der Waals surface area contributed by atoms with Crippen molar-refractivity contribution in [1.82, 2.24) is 20.2 Å². The largest absolute Gasteiger partial charge is 0.321 e. The minimum atomic E-state index is -1.31. The number of halogens is 3.